The molecule has 0 N–H and O–H groups in total. The maximum absolute atomic E-state index is 6.90. The highest BCUT2D eigenvalue weighted by atomic mass is 16.5. The van der Waals surface area contributed by atoms with Gasteiger partial charge in [-0.2, -0.15) is 0 Å². The number of fused-ring (bicyclic) bond motifs is 4. The van der Waals surface area contributed by atoms with Crippen LogP contribution in [0.15, 0.2) is 146 Å². The molecule has 5 heteroatoms. The number of para-hydroxylation sites is 1. The van der Waals surface area contributed by atoms with Crippen LogP contribution in [0.1, 0.15) is 130 Å². The molecule has 0 unspecified atom stereocenters. The molecular formula is C61H68N4O. The molecule has 0 spiro atoms. The number of hydrogen-bond acceptors (Lipinski definition) is 4. The Morgan fingerprint density at radius 2 is 1.08 bits per heavy atom. The van der Waals surface area contributed by atoms with Gasteiger partial charge in [-0.1, -0.05) is 158 Å². The van der Waals surface area contributed by atoms with Crippen LogP contribution < -0.4 is 14.5 Å². The van der Waals surface area contributed by atoms with Crippen molar-refractivity contribution in [2.75, 3.05) is 16.5 Å². The van der Waals surface area contributed by atoms with Gasteiger partial charge in [0, 0.05) is 45.9 Å². The van der Waals surface area contributed by atoms with E-state index in [1.54, 1.807) is 0 Å². The van der Waals surface area contributed by atoms with Gasteiger partial charge in [-0.05, 0) is 122 Å². The first-order valence-electron chi connectivity index (χ1n) is 23.7. The fourth-order valence-corrected chi connectivity index (χ4v) is 9.54. The number of anilines is 4. The molecule has 6 aromatic carbocycles. The summed E-state index contributed by atoms with van der Waals surface area (Å²) in [6.07, 6.45) is 1.94. The molecule has 338 valence electrons. The SMILES string of the molecule is CC(C)(C)c1cc(N2CN(c3cccc(Oc4ccc5c6cc(C(C)(C)C)ccc6n(-c6cc(C(C)(C)C)ccn6)c5c4)c3)c3cccc(C(C)(C)c4ccccc4)c32)cc(C(C)(C)C)c1. The van der Waals surface area contributed by atoms with Crippen LogP contribution in [0, 0.1) is 0 Å². The van der Waals surface area contributed by atoms with Crippen LogP contribution >= 0.6 is 0 Å². The van der Waals surface area contributed by atoms with Crippen LogP contribution in [0.4, 0.5) is 22.7 Å². The van der Waals surface area contributed by atoms with Crippen molar-refractivity contribution in [3.05, 3.63) is 179 Å². The van der Waals surface area contributed by atoms with Crippen LogP contribution in [-0.2, 0) is 27.1 Å². The number of hydrogen-bond donors (Lipinski definition) is 0. The fourth-order valence-electron chi connectivity index (χ4n) is 9.54. The summed E-state index contributed by atoms with van der Waals surface area (Å²) >= 11 is 0. The van der Waals surface area contributed by atoms with Crippen molar-refractivity contribution in [1.29, 1.82) is 0 Å². The van der Waals surface area contributed by atoms with Crippen molar-refractivity contribution in [3.8, 4) is 17.3 Å². The van der Waals surface area contributed by atoms with E-state index in [9.17, 15) is 0 Å². The minimum atomic E-state index is -0.265. The molecule has 1 aliphatic rings. The molecule has 0 saturated heterocycles. The van der Waals surface area contributed by atoms with E-state index in [0.29, 0.717) is 6.67 Å². The Balaban J connectivity index is 1.16. The molecule has 0 amide bonds. The van der Waals surface area contributed by atoms with Gasteiger partial charge in [0.25, 0.3) is 0 Å². The van der Waals surface area contributed by atoms with E-state index in [4.69, 9.17) is 9.72 Å². The molecule has 1 aliphatic heterocycles. The summed E-state index contributed by atoms with van der Waals surface area (Å²) in [6.45, 7) is 32.9. The zero-order valence-electron chi connectivity index (χ0n) is 41.8. The number of aromatic nitrogens is 2. The highest BCUT2D eigenvalue weighted by Gasteiger charge is 2.37. The van der Waals surface area contributed by atoms with E-state index in [2.05, 4.69) is 251 Å². The van der Waals surface area contributed by atoms with Crippen LogP contribution in [0.5, 0.6) is 11.5 Å². The highest BCUT2D eigenvalue weighted by Crippen LogP contribution is 2.52. The summed E-state index contributed by atoms with van der Waals surface area (Å²) in [4.78, 5) is 9.97. The van der Waals surface area contributed by atoms with E-state index in [-0.39, 0.29) is 27.1 Å². The van der Waals surface area contributed by atoms with Crippen LogP contribution in [0.3, 0.4) is 0 Å². The van der Waals surface area contributed by atoms with Crippen molar-refractivity contribution in [1.82, 2.24) is 9.55 Å². The Morgan fingerprint density at radius 1 is 0.439 bits per heavy atom. The number of pyridine rings is 1. The molecule has 5 nitrogen and oxygen atoms in total. The maximum atomic E-state index is 6.90. The van der Waals surface area contributed by atoms with Gasteiger partial charge in [0.2, 0.25) is 0 Å². The molecule has 0 fully saturated rings. The quantitative estimate of drug-likeness (QED) is 0.160. The van der Waals surface area contributed by atoms with E-state index >= 15 is 0 Å². The highest BCUT2D eigenvalue weighted by molar-refractivity contribution is 6.10. The summed E-state index contributed by atoms with van der Waals surface area (Å²) in [6, 6.07) is 51.4. The molecule has 2 aromatic heterocycles. The average Bonchev–Trinajstić information content (AvgIpc) is 3.81. The smallest absolute Gasteiger partial charge is 0.137 e. The summed E-state index contributed by atoms with van der Waals surface area (Å²) in [7, 11) is 0. The topological polar surface area (TPSA) is 33.5 Å². The van der Waals surface area contributed by atoms with E-state index < -0.39 is 0 Å². The molecule has 0 bridgehead atoms. The zero-order chi connectivity index (χ0) is 47.1. The van der Waals surface area contributed by atoms with Crippen molar-refractivity contribution in [2.24, 2.45) is 0 Å². The van der Waals surface area contributed by atoms with E-state index in [1.165, 1.54) is 61.2 Å². The van der Waals surface area contributed by atoms with E-state index in [0.717, 1.165) is 34.0 Å². The largest absolute Gasteiger partial charge is 0.457 e. The minimum absolute atomic E-state index is 0.0134. The second-order valence-electron chi connectivity index (χ2n) is 23.2. The van der Waals surface area contributed by atoms with Crippen LogP contribution in [0.25, 0.3) is 27.6 Å². The Bertz CT molecular complexity index is 3080. The van der Waals surface area contributed by atoms with Gasteiger partial charge in [-0.3, -0.25) is 4.57 Å². The Morgan fingerprint density at radius 3 is 1.74 bits per heavy atom. The number of nitrogens with zero attached hydrogens (tertiary/aromatic N) is 4. The standard InChI is InChI=1S/C61H68N4O/c1-57(2,3)41-26-29-52-50(35-41)49-28-27-48(38-54(49)65(52)55-36-42(30-31-62-55)58(4,5)6)66-47-23-18-22-45(37-47)63-39-64(46-33-43(59(7,8)9)32-44(34-46)60(10,11)12)56-51(24-19-25-53(56)63)61(13,14)40-20-16-15-17-21-40/h15-38H,39H2,1-14H3. The fraction of sp³-hybridized carbons (Fsp3) is 0.328. The van der Waals surface area contributed by atoms with Gasteiger partial charge in [-0.15, -0.1) is 0 Å². The number of benzene rings is 6. The molecule has 0 aliphatic carbocycles. The van der Waals surface area contributed by atoms with Crippen LogP contribution in [0.2, 0.25) is 0 Å². The summed E-state index contributed by atoms with van der Waals surface area (Å²) < 4.78 is 9.20. The summed E-state index contributed by atoms with van der Waals surface area (Å²) in [5, 5.41) is 2.39. The lowest BCUT2D eigenvalue weighted by Gasteiger charge is -2.33. The van der Waals surface area contributed by atoms with Crippen LogP contribution in [-0.4, -0.2) is 16.2 Å². The van der Waals surface area contributed by atoms with Crippen molar-refractivity contribution in [2.45, 2.75) is 124 Å². The first-order valence-corrected chi connectivity index (χ1v) is 23.7. The predicted molar refractivity (Wildman–Crippen MR) is 280 cm³/mol. The molecule has 9 rings (SSSR count). The second-order valence-corrected chi connectivity index (χ2v) is 23.2. The average molecular weight is 873 g/mol. The van der Waals surface area contributed by atoms with Gasteiger partial charge in [0.1, 0.15) is 24.0 Å². The summed E-state index contributed by atoms with van der Waals surface area (Å²) in [5.74, 6) is 2.46. The van der Waals surface area contributed by atoms with Gasteiger partial charge in [0.15, 0.2) is 0 Å². The Hall–Kier alpha value is -6.33. The molecule has 8 aromatic rings. The van der Waals surface area contributed by atoms with E-state index in [1.807, 2.05) is 6.20 Å². The van der Waals surface area contributed by atoms with Gasteiger partial charge in [0.05, 0.1) is 22.4 Å². The lowest BCUT2D eigenvalue weighted by atomic mass is 9.76. The third kappa shape index (κ3) is 8.27. The molecular weight excluding hydrogens is 805 g/mol. The van der Waals surface area contributed by atoms with Gasteiger partial charge in [-0.25, -0.2) is 4.98 Å². The zero-order valence-corrected chi connectivity index (χ0v) is 41.8. The first-order chi connectivity index (χ1) is 31.0. The third-order valence-corrected chi connectivity index (χ3v) is 13.8. The number of ether oxygens (including phenoxy) is 1. The Kier molecular flexibility index (Phi) is 10.8. The molecule has 0 atom stereocenters. The predicted octanol–water partition coefficient (Wildman–Crippen LogP) is 16.7. The normalized spacial score (nSPS) is 13.8. The van der Waals surface area contributed by atoms with Crippen molar-refractivity contribution < 1.29 is 4.74 Å². The third-order valence-electron chi connectivity index (χ3n) is 13.8. The minimum Gasteiger partial charge on any atom is -0.457 e. The summed E-state index contributed by atoms with van der Waals surface area (Å²) in [5.41, 5.74) is 14.4. The lowest BCUT2D eigenvalue weighted by Crippen LogP contribution is -2.27. The molecule has 66 heavy (non-hydrogen) atoms. The monoisotopic (exact) mass is 873 g/mol. The maximum Gasteiger partial charge on any atom is 0.137 e. The first kappa shape index (κ1) is 44.9. The number of rotatable bonds is 7. The van der Waals surface area contributed by atoms with Crippen molar-refractivity contribution >= 4 is 44.6 Å². The molecule has 3 heterocycles. The second kappa shape index (κ2) is 15.9. The lowest BCUT2D eigenvalue weighted by molar-refractivity contribution is 0.483. The van der Waals surface area contributed by atoms with Gasteiger partial charge < -0.3 is 14.5 Å². The Labute approximate surface area is 394 Å². The molecule has 0 radical (unpaired) electrons. The van der Waals surface area contributed by atoms with Crippen molar-refractivity contribution in [3.63, 3.8) is 0 Å². The molecule has 0 saturated carbocycles. The van der Waals surface area contributed by atoms with Gasteiger partial charge >= 0.3 is 0 Å².